The van der Waals surface area contributed by atoms with Crippen molar-refractivity contribution >= 4 is 18.0 Å². The maximum Gasteiger partial charge on any atom is 0.321 e. The van der Waals surface area contributed by atoms with Gasteiger partial charge in [-0.3, -0.25) is 9.69 Å². The molecule has 0 bridgehead atoms. The minimum absolute atomic E-state index is 0.0292. The van der Waals surface area contributed by atoms with E-state index in [-0.39, 0.29) is 30.1 Å². The van der Waals surface area contributed by atoms with Crippen LogP contribution in [0.1, 0.15) is 85.8 Å². The molecule has 242 valence electrons. The van der Waals surface area contributed by atoms with Gasteiger partial charge >= 0.3 is 12.1 Å². The van der Waals surface area contributed by atoms with Gasteiger partial charge in [-0.25, -0.2) is 9.59 Å². The Morgan fingerprint density at radius 1 is 0.778 bits per heavy atom. The van der Waals surface area contributed by atoms with E-state index in [0.717, 1.165) is 58.3 Å². The number of hydrogen-bond donors (Lipinski definition) is 1. The Morgan fingerprint density at radius 2 is 1.44 bits per heavy atom. The second-order valence-electron chi connectivity index (χ2n) is 13.3. The smallest absolute Gasteiger partial charge is 0.321 e. The molecule has 45 heavy (non-hydrogen) atoms. The molecule has 0 radical (unpaired) electrons. The van der Waals surface area contributed by atoms with Crippen LogP contribution in [0.2, 0.25) is 0 Å². The van der Waals surface area contributed by atoms with Crippen molar-refractivity contribution in [3.05, 3.63) is 71.3 Å². The summed E-state index contributed by atoms with van der Waals surface area (Å²) in [4.78, 5) is 49.9. The zero-order valence-electron chi connectivity index (χ0n) is 26.9. The highest BCUT2D eigenvalue weighted by Gasteiger charge is 2.45. The molecule has 4 aliphatic rings. The van der Waals surface area contributed by atoms with Crippen LogP contribution < -0.4 is 5.32 Å². The molecule has 2 aromatic carbocycles. The van der Waals surface area contributed by atoms with E-state index in [4.69, 9.17) is 0 Å². The molecule has 6 rings (SSSR count). The molecule has 1 N–H and O–H groups in total. The van der Waals surface area contributed by atoms with Crippen LogP contribution in [0.5, 0.6) is 0 Å². The fourth-order valence-corrected chi connectivity index (χ4v) is 7.69. The molecule has 1 atom stereocenters. The van der Waals surface area contributed by atoms with Gasteiger partial charge in [0, 0.05) is 76.5 Å². The normalized spacial score (nSPS) is 22.2. The number of likely N-dealkylation sites (tertiary alicyclic amines) is 1. The largest absolute Gasteiger partial charge is 0.338 e. The number of urea groups is 2. The summed E-state index contributed by atoms with van der Waals surface area (Å²) in [6.07, 6.45) is 8.89. The highest BCUT2D eigenvalue weighted by atomic mass is 16.2. The van der Waals surface area contributed by atoms with Crippen molar-refractivity contribution in [2.75, 3.05) is 52.4 Å². The Morgan fingerprint density at radius 3 is 2.11 bits per heavy atom. The molecule has 9 heteroatoms. The molecular formula is C36H50N6O3. The van der Waals surface area contributed by atoms with Gasteiger partial charge in [0.15, 0.2) is 0 Å². The van der Waals surface area contributed by atoms with Gasteiger partial charge in [0.1, 0.15) is 0 Å². The van der Waals surface area contributed by atoms with Crippen LogP contribution in [0.15, 0.2) is 54.6 Å². The van der Waals surface area contributed by atoms with Crippen LogP contribution in [0.3, 0.4) is 0 Å². The van der Waals surface area contributed by atoms with E-state index in [1.807, 2.05) is 24.0 Å². The van der Waals surface area contributed by atoms with E-state index in [9.17, 15) is 14.4 Å². The van der Waals surface area contributed by atoms with Crippen LogP contribution in [-0.4, -0.2) is 107 Å². The van der Waals surface area contributed by atoms with E-state index in [0.29, 0.717) is 44.3 Å². The number of carbonyl (C=O) groups is 3. The Hall–Kier alpha value is -3.59. The number of piperazine rings is 1. The third kappa shape index (κ3) is 7.29. The first kappa shape index (κ1) is 31.4. The maximum absolute atomic E-state index is 13.9. The number of benzene rings is 2. The van der Waals surface area contributed by atoms with Gasteiger partial charge in [-0.1, -0.05) is 68.7 Å². The number of piperidine rings is 1. The van der Waals surface area contributed by atoms with Gasteiger partial charge in [0.2, 0.25) is 0 Å². The SMILES string of the molecule is CCCNC(=O)N1CCN(C(=O)c2ccc(CN3CCC(N4C(=O)N(C5CCCCC5)C[C@H]4c4ccccc4)CC3)cc2)CC1. The molecule has 3 aliphatic heterocycles. The van der Waals surface area contributed by atoms with Gasteiger partial charge in [0.05, 0.1) is 6.04 Å². The average molecular weight is 615 g/mol. The molecule has 0 spiro atoms. The van der Waals surface area contributed by atoms with Crippen molar-refractivity contribution in [2.45, 2.75) is 83.0 Å². The molecule has 1 saturated carbocycles. The molecule has 5 amide bonds. The molecule has 3 saturated heterocycles. The first-order valence-corrected chi connectivity index (χ1v) is 17.3. The predicted molar refractivity (Wildman–Crippen MR) is 176 cm³/mol. The second kappa shape index (κ2) is 14.7. The predicted octanol–water partition coefficient (Wildman–Crippen LogP) is 5.34. The van der Waals surface area contributed by atoms with Gasteiger partial charge in [-0.15, -0.1) is 0 Å². The first-order valence-electron chi connectivity index (χ1n) is 17.3. The summed E-state index contributed by atoms with van der Waals surface area (Å²) in [5.41, 5.74) is 3.15. The molecule has 9 nitrogen and oxygen atoms in total. The molecule has 2 aromatic rings. The van der Waals surface area contributed by atoms with Crippen molar-refractivity contribution in [3.63, 3.8) is 0 Å². The fourth-order valence-electron chi connectivity index (χ4n) is 7.69. The highest BCUT2D eigenvalue weighted by molar-refractivity contribution is 5.94. The Bertz CT molecular complexity index is 1280. The quantitative estimate of drug-likeness (QED) is 0.436. The zero-order chi connectivity index (χ0) is 31.2. The average Bonchev–Trinajstić information content (AvgIpc) is 3.45. The number of nitrogens with one attached hydrogen (secondary N) is 1. The Balaban J connectivity index is 1.01. The Kier molecular flexibility index (Phi) is 10.2. The number of rotatable bonds is 8. The zero-order valence-corrected chi connectivity index (χ0v) is 26.9. The summed E-state index contributed by atoms with van der Waals surface area (Å²) in [5.74, 6) is 0.0292. The maximum atomic E-state index is 13.9. The summed E-state index contributed by atoms with van der Waals surface area (Å²) in [5, 5.41) is 2.92. The number of carbonyl (C=O) groups excluding carboxylic acids is 3. The number of hydrogen-bond acceptors (Lipinski definition) is 4. The summed E-state index contributed by atoms with van der Waals surface area (Å²) < 4.78 is 0. The van der Waals surface area contributed by atoms with Gasteiger partial charge in [0.25, 0.3) is 5.91 Å². The van der Waals surface area contributed by atoms with Crippen LogP contribution in [-0.2, 0) is 6.54 Å². The first-order chi connectivity index (χ1) is 22.0. The lowest BCUT2D eigenvalue weighted by atomic mass is 9.94. The third-order valence-electron chi connectivity index (χ3n) is 10.3. The molecular weight excluding hydrogens is 564 g/mol. The third-order valence-corrected chi connectivity index (χ3v) is 10.3. The Labute approximate surface area is 268 Å². The van der Waals surface area contributed by atoms with E-state index in [1.54, 1.807) is 4.90 Å². The van der Waals surface area contributed by atoms with E-state index in [1.165, 1.54) is 30.4 Å². The van der Waals surface area contributed by atoms with Crippen molar-refractivity contribution in [1.82, 2.24) is 29.8 Å². The lowest BCUT2D eigenvalue weighted by Gasteiger charge is -2.39. The molecule has 4 fully saturated rings. The molecule has 0 unspecified atom stereocenters. The fraction of sp³-hybridized carbons (Fsp3) is 0.583. The van der Waals surface area contributed by atoms with Crippen molar-refractivity contribution in [2.24, 2.45) is 0 Å². The monoisotopic (exact) mass is 614 g/mol. The summed E-state index contributed by atoms with van der Waals surface area (Å²) in [6, 6.07) is 19.6. The minimum Gasteiger partial charge on any atom is -0.338 e. The molecule has 3 heterocycles. The summed E-state index contributed by atoms with van der Waals surface area (Å²) in [6.45, 7) is 8.50. The van der Waals surface area contributed by atoms with Crippen molar-refractivity contribution in [1.29, 1.82) is 0 Å². The van der Waals surface area contributed by atoms with Crippen LogP contribution in [0.4, 0.5) is 9.59 Å². The van der Waals surface area contributed by atoms with Gasteiger partial charge < -0.3 is 24.9 Å². The lowest BCUT2D eigenvalue weighted by molar-refractivity contribution is 0.0665. The molecule has 0 aromatic heterocycles. The van der Waals surface area contributed by atoms with E-state index < -0.39 is 0 Å². The second-order valence-corrected chi connectivity index (χ2v) is 13.3. The molecule has 1 aliphatic carbocycles. The van der Waals surface area contributed by atoms with E-state index >= 15 is 0 Å². The summed E-state index contributed by atoms with van der Waals surface area (Å²) in [7, 11) is 0. The van der Waals surface area contributed by atoms with Crippen LogP contribution in [0, 0.1) is 0 Å². The van der Waals surface area contributed by atoms with Gasteiger partial charge in [-0.2, -0.15) is 0 Å². The van der Waals surface area contributed by atoms with Crippen molar-refractivity contribution in [3.8, 4) is 0 Å². The minimum atomic E-state index is -0.0400. The highest BCUT2D eigenvalue weighted by Crippen LogP contribution is 2.38. The van der Waals surface area contributed by atoms with Crippen LogP contribution >= 0.6 is 0 Å². The lowest BCUT2D eigenvalue weighted by Crippen LogP contribution is -2.53. The van der Waals surface area contributed by atoms with Gasteiger partial charge in [-0.05, 0) is 55.4 Å². The topological polar surface area (TPSA) is 79.4 Å². The summed E-state index contributed by atoms with van der Waals surface area (Å²) >= 11 is 0. The number of nitrogens with zero attached hydrogens (tertiary/aromatic N) is 5. The van der Waals surface area contributed by atoms with E-state index in [2.05, 4.69) is 62.5 Å². The number of amides is 5. The standard InChI is InChI=1S/C36H50N6O3/c1-2-19-37-35(44)40-24-22-39(23-25-40)34(43)30-15-13-28(14-16-30)26-38-20-17-32(18-21-38)42-33(29-9-5-3-6-10-29)27-41(36(42)45)31-11-7-4-8-12-31/h3,5-6,9-10,13-16,31-33H,2,4,7-8,11-12,17-27H2,1H3,(H,37,44)/t33-/m0/s1. The van der Waals surface area contributed by atoms with Crippen molar-refractivity contribution < 1.29 is 14.4 Å². The van der Waals surface area contributed by atoms with Crippen LogP contribution in [0.25, 0.3) is 0 Å².